The minimum absolute atomic E-state index is 0.0992. The van der Waals surface area contributed by atoms with Crippen LogP contribution in [0.25, 0.3) is 0 Å². The molecule has 0 radical (unpaired) electrons. The van der Waals surface area contributed by atoms with Crippen LogP contribution in [0.15, 0.2) is 48.5 Å². The van der Waals surface area contributed by atoms with E-state index in [1.54, 1.807) is 6.07 Å². The van der Waals surface area contributed by atoms with Gasteiger partial charge >= 0.3 is 6.18 Å². The van der Waals surface area contributed by atoms with Crippen molar-refractivity contribution in [1.29, 1.82) is 0 Å². The minimum atomic E-state index is -4.40. The third kappa shape index (κ3) is 2.86. The molecule has 1 fully saturated rings. The lowest BCUT2D eigenvalue weighted by Crippen LogP contribution is -2.24. The highest BCUT2D eigenvalue weighted by Crippen LogP contribution is 2.36. The Labute approximate surface area is 121 Å². The van der Waals surface area contributed by atoms with E-state index in [0.29, 0.717) is 5.82 Å². The summed E-state index contributed by atoms with van der Waals surface area (Å²) in [6.07, 6.45) is -2.52. The number of nitrogens with zero attached hydrogens (tertiary/aromatic N) is 2. The van der Waals surface area contributed by atoms with Crippen LogP contribution in [0.1, 0.15) is 30.1 Å². The first-order valence-corrected chi connectivity index (χ1v) is 6.91. The lowest BCUT2D eigenvalue weighted by molar-refractivity contribution is -0.141. The molecule has 5 heteroatoms. The average Bonchev–Trinajstić information content (AvgIpc) is 2.97. The maximum Gasteiger partial charge on any atom is 0.433 e. The molecule has 21 heavy (non-hydrogen) atoms. The van der Waals surface area contributed by atoms with Crippen LogP contribution in [-0.2, 0) is 6.18 Å². The van der Waals surface area contributed by atoms with E-state index in [4.69, 9.17) is 0 Å². The first-order chi connectivity index (χ1) is 10.1. The van der Waals surface area contributed by atoms with Crippen molar-refractivity contribution in [3.63, 3.8) is 0 Å². The highest BCUT2D eigenvalue weighted by atomic mass is 19.4. The molecule has 0 N–H and O–H groups in total. The van der Waals surface area contributed by atoms with Gasteiger partial charge in [-0.1, -0.05) is 36.4 Å². The number of aromatic nitrogens is 1. The van der Waals surface area contributed by atoms with E-state index in [1.165, 1.54) is 6.07 Å². The van der Waals surface area contributed by atoms with Crippen molar-refractivity contribution in [1.82, 2.24) is 4.98 Å². The summed E-state index contributed by atoms with van der Waals surface area (Å²) in [5.41, 5.74) is 0.285. The zero-order valence-electron chi connectivity index (χ0n) is 11.3. The molecule has 1 unspecified atom stereocenters. The molecule has 1 aromatic carbocycles. The highest BCUT2D eigenvalue weighted by Gasteiger charge is 2.34. The van der Waals surface area contributed by atoms with Crippen LogP contribution < -0.4 is 4.90 Å². The van der Waals surface area contributed by atoms with E-state index >= 15 is 0 Å². The molecule has 2 heterocycles. The van der Waals surface area contributed by atoms with Gasteiger partial charge in [0.05, 0.1) is 6.04 Å². The number of hydrogen-bond acceptors (Lipinski definition) is 2. The molecule has 2 aromatic rings. The Hall–Kier alpha value is -2.04. The van der Waals surface area contributed by atoms with Crippen molar-refractivity contribution in [2.45, 2.75) is 25.1 Å². The van der Waals surface area contributed by atoms with Crippen LogP contribution in [0.4, 0.5) is 19.0 Å². The van der Waals surface area contributed by atoms with Crippen molar-refractivity contribution < 1.29 is 13.2 Å². The van der Waals surface area contributed by atoms with E-state index < -0.39 is 11.9 Å². The highest BCUT2D eigenvalue weighted by molar-refractivity contribution is 5.45. The van der Waals surface area contributed by atoms with Crippen LogP contribution in [0.2, 0.25) is 0 Å². The van der Waals surface area contributed by atoms with Crippen molar-refractivity contribution in [2.75, 3.05) is 11.4 Å². The van der Waals surface area contributed by atoms with Gasteiger partial charge in [-0.05, 0) is 30.5 Å². The van der Waals surface area contributed by atoms with Gasteiger partial charge in [-0.15, -0.1) is 0 Å². The smallest absolute Gasteiger partial charge is 0.350 e. The van der Waals surface area contributed by atoms with Gasteiger partial charge in [-0.2, -0.15) is 13.2 Å². The predicted octanol–water partition coefficient (Wildman–Crippen LogP) is 4.44. The number of pyridine rings is 1. The summed E-state index contributed by atoms with van der Waals surface area (Å²) in [5, 5.41) is 0. The van der Waals surface area contributed by atoms with Crippen LogP contribution in [0.3, 0.4) is 0 Å². The summed E-state index contributed by atoms with van der Waals surface area (Å²) in [7, 11) is 0. The Bertz CT molecular complexity index is 610. The van der Waals surface area contributed by atoms with Crippen LogP contribution in [0.5, 0.6) is 0 Å². The largest absolute Gasteiger partial charge is 0.433 e. The molecule has 1 atom stereocenters. The fourth-order valence-electron chi connectivity index (χ4n) is 2.80. The second kappa shape index (κ2) is 5.39. The van der Waals surface area contributed by atoms with Gasteiger partial charge in [0.1, 0.15) is 11.5 Å². The Morgan fingerprint density at radius 2 is 1.76 bits per heavy atom. The number of rotatable bonds is 2. The molecule has 1 aliphatic rings. The summed E-state index contributed by atoms with van der Waals surface area (Å²) < 4.78 is 38.4. The molecule has 2 nitrogen and oxygen atoms in total. The second-order valence-corrected chi connectivity index (χ2v) is 5.14. The van der Waals surface area contributed by atoms with Gasteiger partial charge in [0.25, 0.3) is 0 Å². The minimum Gasteiger partial charge on any atom is -0.350 e. The second-order valence-electron chi connectivity index (χ2n) is 5.14. The number of halogens is 3. The van der Waals surface area contributed by atoms with E-state index in [0.717, 1.165) is 31.0 Å². The Balaban J connectivity index is 1.93. The fourth-order valence-corrected chi connectivity index (χ4v) is 2.80. The van der Waals surface area contributed by atoms with Gasteiger partial charge in [-0.25, -0.2) is 4.98 Å². The quantitative estimate of drug-likeness (QED) is 0.813. The molecule has 1 aromatic heterocycles. The molecule has 0 saturated carbocycles. The topological polar surface area (TPSA) is 16.1 Å². The van der Waals surface area contributed by atoms with E-state index in [-0.39, 0.29) is 6.04 Å². The summed E-state index contributed by atoms with van der Waals surface area (Å²) in [5.74, 6) is 0.399. The predicted molar refractivity (Wildman–Crippen MR) is 75.0 cm³/mol. The summed E-state index contributed by atoms with van der Waals surface area (Å²) in [6.45, 7) is 0.730. The molecule has 0 bridgehead atoms. The van der Waals surface area contributed by atoms with Crippen LogP contribution in [0, 0.1) is 0 Å². The maximum atomic E-state index is 12.8. The zero-order chi connectivity index (χ0) is 14.9. The fraction of sp³-hybridized carbons (Fsp3) is 0.312. The van der Waals surface area contributed by atoms with Gasteiger partial charge < -0.3 is 4.90 Å². The van der Waals surface area contributed by atoms with Gasteiger partial charge in [0.2, 0.25) is 0 Å². The summed E-state index contributed by atoms with van der Waals surface area (Å²) in [6, 6.07) is 14.0. The standard InChI is InChI=1S/C16H15F3N2/c17-16(18,19)14-9-4-10-15(20-14)21-11-5-8-13(21)12-6-2-1-3-7-12/h1-4,6-7,9-10,13H,5,8,11H2. The Morgan fingerprint density at radius 1 is 1.00 bits per heavy atom. The van der Waals surface area contributed by atoms with E-state index in [1.807, 2.05) is 35.2 Å². The zero-order valence-corrected chi connectivity index (χ0v) is 11.3. The van der Waals surface area contributed by atoms with E-state index in [9.17, 15) is 13.2 Å². The molecular weight excluding hydrogens is 277 g/mol. The molecule has 1 saturated heterocycles. The van der Waals surface area contributed by atoms with Crippen molar-refractivity contribution in [3.8, 4) is 0 Å². The third-order valence-electron chi connectivity index (χ3n) is 3.76. The molecule has 0 aliphatic carbocycles. The maximum absolute atomic E-state index is 12.8. The summed E-state index contributed by atoms with van der Waals surface area (Å²) in [4.78, 5) is 5.77. The van der Waals surface area contributed by atoms with Gasteiger partial charge in [0.15, 0.2) is 0 Å². The Morgan fingerprint density at radius 3 is 2.48 bits per heavy atom. The SMILES string of the molecule is FC(F)(F)c1cccc(N2CCCC2c2ccccc2)n1. The van der Waals surface area contributed by atoms with Crippen LogP contribution in [-0.4, -0.2) is 11.5 Å². The lowest BCUT2D eigenvalue weighted by Gasteiger charge is -2.26. The first kappa shape index (κ1) is 13.9. The molecule has 0 spiro atoms. The first-order valence-electron chi connectivity index (χ1n) is 6.91. The van der Waals surface area contributed by atoms with E-state index in [2.05, 4.69) is 4.98 Å². The number of benzene rings is 1. The number of alkyl halides is 3. The van der Waals surface area contributed by atoms with Crippen LogP contribution >= 0.6 is 0 Å². The molecule has 110 valence electrons. The monoisotopic (exact) mass is 292 g/mol. The number of hydrogen-bond donors (Lipinski definition) is 0. The van der Waals surface area contributed by atoms with Crippen molar-refractivity contribution in [3.05, 3.63) is 59.8 Å². The third-order valence-corrected chi connectivity index (χ3v) is 3.76. The van der Waals surface area contributed by atoms with Gasteiger partial charge in [-0.3, -0.25) is 0 Å². The molecular formula is C16H15F3N2. The molecule has 1 aliphatic heterocycles. The number of anilines is 1. The average molecular weight is 292 g/mol. The van der Waals surface area contributed by atoms with Crippen molar-refractivity contribution in [2.24, 2.45) is 0 Å². The lowest BCUT2D eigenvalue weighted by atomic mass is 10.0. The Kier molecular flexibility index (Phi) is 3.57. The summed E-state index contributed by atoms with van der Waals surface area (Å²) >= 11 is 0. The van der Waals surface area contributed by atoms with Gasteiger partial charge in [0, 0.05) is 6.54 Å². The van der Waals surface area contributed by atoms with Crippen molar-refractivity contribution >= 4 is 5.82 Å². The molecule has 3 rings (SSSR count). The normalized spacial score (nSPS) is 19.0. The molecule has 0 amide bonds.